The summed E-state index contributed by atoms with van der Waals surface area (Å²) in [7, 11) is 0. The van der Waals surface area contributed by atoms with E-state index in [2.05, 4.69) is 28.2 Å². The number of unbranched alkanes of at least 4 members (excludes halogenated alkanes) is 1. The number of carbonyl (C=O) groups excluding carboxylic acids is 2. The molecule has 2 aromatic carbocycles. The van der Waals surface area contributed by atoms with E-state index in [9.17, 15) is 14.0 Å². The normalized spacial score (nSPS) is 15.7. The SMILES string of the molecule is O=C1c2ccccc2C(=O)N1CCCCN1C=CC(c2cc3cc(F)ccc3[nH]2)=CC1. The molecule has 1 aromatic heterocycles. The summed E-state index contributed by atoms with van der Waals surface area (Å²) in [6, 6.07) is 13.7. The predicted octanol–water partition coefficient (Wildman–Crippen LogP) is 4.60. The zero-order chi connectivity index (χ0) is 21.4. The topological polar surface area (TPSA) is 56.4 Å². The number of halogens is 1. The first-order valence-corrected chi connectivity index (χ1v) is 10.5. The largest absolute Gasteiger partial charge is 0.374 e. The van der Waals surface area contributed by atoms with E-state index < -0.39 is 0 Å². The van der Waals surface area contributed by atoms with E-state index in [1.807, 2.05) is 6.07 Å². The van der Waals surface area contributed by atoms with E-state index in [1.165, 1.54) is 17.0 Å². The monoisotopic (exact) mass is 415 g/mol. The second-order valence-corrected chi connectivity index (χ2v) is 7.90. The molecule has 31 heavy (non-hydrogen) atoms. The number of allylic oxidation sites excluding steroid dienone is 2. The Morgan fingerprint density at radius 1 is 0.935 bits per heavy atom. The first-order chi connectivity index (χ1) is 15.1. The van der Waals surface area contributed by atoms with Crippen molar-refractivity contribution in [3.05, 3.63) is 89.5 Å². The van der Waals surface area contributed by atoms with Crippen molar-refractivity contribution in [1.82, 2.24) is 14.8 Å². The van der Waals surface area contributed by atoms with Crippen LogP contribution in [0.2, 0.25) is 0 Å². The van der Waals surface area contributed by atoms with Gasteiger partial charge in [0.25, 0.3) is 11.8 Å². The summed E-state index contributed by atoms with van der Waals surface area (Å²) in [4.78, 5) is 31.7. The molecule has 6 heteroatoms. The average Bonchev–Trinajstić information content (AvgIpc) is 3.31. The van der Waals surface area contributed by atoms with Gasteiger partial charge in [-0.3, -0.25) is 14.5 Å². The van der Waals surface area contributed by atoms with Crippen molar-refractivity contribution in [2.45, 2.75) is 12.8 Å². The van der Waals surface area contributed by atoms with Crippen LogP contribution in [0.1, 0.15) is 39.3 Å². The number of rotatable bonds is 6. The fourth-order valence-corrected chi connectivity index (χ4v) is 4.18. The maximum Gasteiger partial charge on any atom is 0.261 e. The lowest BCUT2D eigenvalue weighted by Crippen LogP contribution is -2.31. The van der Waals surface area contributed by atoms with Crippen LogP contribution in [0.15, 0.2) is 66.9 Å². The molecule has 2 aliphatic heterocycles. The van der Waals surface area contributed by atoms with Gasteiger partial charge in [0.1, 0.15) is 5.82 Å². The van der Waals surface area contributed by atoms with Gasteiger partial charge >= 0.3 is 0 Å². The summed E-state index contributed by atoms with van der Waals surface area (Å²) in [6.07, 6.45) is 7.90. The Kier molecular flexibility index (Phi) is 4.90. The van der Waals surface area contributed by atoms with Crippen LogP contribution in [0.25, 0.3) is 16.5 Å². The van der Waals surface area contributed by atoms with Crippen molar-refractivity contribution in [2.75, 3.05) is 19.6 Å². The first-order valence-electron chi connectivity index (χ1n) is 10.5. The van der Waals surface area contributed by atoms with E-state index in [4.69, 9.17) is 0 Å². The third-order valence-corrected chi connectivity index (χ3v) is 5.86. The molecular weight excluding hydrogens is 393 g/mol. The molecule has 0 saturated heterocycles. The lowest BCUT2D eigenvalue weighted by Gasteiger charge is -2.23. The lowest BCUT2D eigenvalue weighted by molar-refractivity contribution is 0.0651. The molecule has 0 fully saturated rings. The van der Waals surface area contributed by atoms with Crippen molar-refractivity contribution in [3.63, 3.8) is 0 Å². The maximum absolute atomic E-state index is 13.4. The number of nitrogens with zero attached hydrogens (tertiary/aromatic N) is 2. The predicted molar refractivity (Wildman–Crippen MR) is 118 cm³/mol. The number of aromatic amines is 1. The Bertz CT molecular complexity index is 1210. The number of nitrogens with one attached hydrogen (secondary N) is 1. The molecule has 0 atom stereocenters. The third-order valence-electron chi connectivity index (χ3n) is 5.86. The highest BCUT2D eigenvalue weighted by atomic mass is 19.1. The molecule has 3 aromatic rings. The number of imide groups is 1. The second-order valence-electron chi connectivity index (χ2n) is 7.90. The van der Waals surface area contributed by atoms with Crippen LogP contribution < -0.4 is 0 Å². The van der Waals surface area contributed by atoms with Crippen LogP contribution in [0, 0.1) is 5.82 Å². The number of hydrogen-bond acceptors (Lipinski definition) is 3. The van der Waals surface area contributed by atoms with Gasteiger partial charge in [-0.25, -0.2) is 4.39 Å². The van der Waals surface area contributed by atoms with Gasteiger partial charge in [-0.2, -0.15) is 0 Å². The molecule has 156 valence electrons. The average molecular weight is 415 g/mol. The minimum absolute atomic E-state index is 0.191. The van der Waals surface area contributed by atoms with Crippen LogP contribution in [0.3, 0.4) is 0 Å². The Labute approximate surface area is 179 Å². The fraction of sp³-hybridized carbons (Fsp3) is 0.200. The molecule has 5 rings (SSSR count). The number of benzene rings is 2. The second kappa shape index (κ2) is 7.87. The van der Waals surface area contributed by atoms with Gasteiger partial charge in [0.15, 0.2) is 0 Å². The first kappa shape index (κ1) is 19.3. The van der Waals surface area contributed by atoms with E-state index in [0.717, 1.165) is 48.1 Å². The van der Waals surface area contributed by atoms with Gasteiger partial charge in [0.05, 0.1) is 11.1 Å². The third kappa shape index (κ3) is 3.65. The van der Waals surface area contributed by atoms with Gasteiger partial charge in [-0.15, -0.1) is 0 Å². The van der Waals surface area contributed by atoms with Crippen molar-refractivity contribution in [2.24, 2.45) is 0 Å². The van der Waals surface area contributed by atoms with Crippen molar-refractivity contribution in [1.29, 1.82) is 0 Å². The molecular formula is C25H22FN3O2. The summed E-state index contributed by atoms with van der Waals surface area (Å²) < 4.78 is 13.4. The van der Waals surface area contributed by atoms with Crippen LogP contribution >= 0.6 is 0 Å². The summed E-state index contributed by atoms with van der Waals surface area (Å²) in [5, 5.41) is 0.861. The quantitative estimate of drug-likeness (QED) is 0.473. The smallest absolute Gasteiger partial charge is 0.261 e. The fourth-order valence-electron chi connectivity index (χ4n) is 4.18. The van der Waals surface area contributed by atoms with Gasteiger partial charge in [-0.05, 0) is 67.1 Å². The summed E-state index contributed by atoms with van der Waals surface area (Å²) in [6.45, 7) is 2.07. The molecule has 2 amide bonds. The zero-order valence-corrected chi connectivity index (χ0v) is 17.0. The molecule has 0 aliphatic carbocycles. The van der Waals surface area contributed by atoms with Gasteiger partial charge in [-0.1, -0.05) is 18.2 Å². The molecule has 2 aliphatic rings. The number of carbonyl (C=O) groups is 2. The molecule has 5 nitrogen and oxygen atoms in total. The zero-order valence-electron chi connectivity index (χ0n) is 17.0. The number of H-pyrrole nitrogens is 1. The Balaban J connectivity index is 1.12. The van der Waals surface area contributed by atoms with Crippen LogP contribution in [0.5, 0.6) is 0 Å². The van der Waals surface area contributed by atoms with Gasteiger partial charge in [0, 0.05) is 36.2 Å². The molecule has 3 heterocycles. The van der Waals surface area contributed by atoms with Gasteiger partial charge < -0.3 is 9.88 Å². The van der Waals surface area contributed by atoms with Gasteiger partial charge in [0.2, 0.25) is 0 Å². The number of hydrogen-bond donors (Lipinski definition) is 1. The Hall–Kier alpha value is -3.67. The van der Waals surface area contributed by atoms with E-state index >= 15 is 0 Å². The molecule has 0 spiro atoms. The summed E-state index contributed by atoms with van der Waals surface area (Å²) in [5.74, 6) is -0.618. The molecule has 0 radical (unpaired) electrons. The number of amides is 2. The van der Waals surface area contributed by atoms with E-state index in [1.54, 1.807) is 30.3 Å². The summed E-state index contributed by atoms with van der Waals surface area (Å²) in [5.41, 5.74) is 3.98. The molecule has 1 N–H and O–H groups in total. The Morgan fingerprint density at radius 2 is 1.68 bits per heavy atom. The Morgan fingerprint density at radius 3 is 2.39 bits per heavy atom. The van der Waals surface area contributed by atoms with Crippen LogP contribution in [-0.4, -0.2) is 46.2 Å². The van der Waals surface area contributed by atoms with Crippen LogP contribution in [0.4, 0.5) is 4.39 Å². The summed E-state index contributed by atoms with van der Waals surface area (Å²) >= 11 is 0. The highest BCUT2D eigenvalue weighted by Gasteiger charge is 2.34. The van der Waals surface area contributed by atoms with E-state index in [0.29, 0.717) is 17.7 Å². The van der Waals surface area contributed by atoms with Crippen molar-refractivity contribution < 1.29 is 14.0 Å². The molecule has 0 bridgehead atoms. The minimum atomic E-state index is -0.237. The number of aromatic nitrogens is 1. The molecule has 0 unspecified atom stereocenters. The van der Waals surface area contributed by atoms with Crippen molar-refractivity contribution >= 4 is 28.3 Å². The molecule has 0 saturated carbocycles. The standard InChI is InChI=1S/C25H22FN3O2/c26-19-7-8-22-18(15-19)16-23(27-22)17-9-13-28(14-10-17)11-3-4-12-29-24(30)20-5-1-2-6-21(20)25(29)31/h1-2,5-10,13,15-16,27H,3-4,11-12,14H2. The van der Waals surface area contributed by atoms with Crippen LogP contribution in [-0.2, 0) is 0 Å². The van der Waals surface area contributed by atoms with E-state index in [-0.39, 0.29) is 17.6 Å². The lowest BCUT2D eigenvalue weighted by atomic mass is 10.1. The van der Waals surface area contributed by atoms with Crippen molar-refractivity contribution in [3.8, 4) is 0 Å². The highest BCUT2D eigenvalue weighted by Crippen LogP contribution is 2.25. The highest BCUT2D eigenvalue weighted by molar-refractivity contribution is 6.21. The maximum atomic E-state index is 13.4. The minimum Gasteiger partial charge on any atom is -0.374 e. The number of fused-ring (bicyclic) bond motifs is 2.